The molecule has 0 saturated carbocycles. The minimum absolute atomic E-state index is 0.254. The lowest BCUT2D eigenvalue weighted by Gasteiger charge is -2.11. The molecule has 0 aliphatic heterocycles. The van der Waals surface area contributed by atoms with Gasteiger partial charge in [-0.1, -0.05) is 51.9 Å². The first-order chi connectivity index (χ1) is 9.22. The van der Waals surface area contributed by atoms with Gasteiger partial charge in [0.15, 0.2) is 0 Å². The number of halogens is 1. The van der Waals surface area contributed by atoms with Crippen LogP contribution in [-0.4, -0.2) is 11.0 Å². The molecule has 2 nitrogen and oxygen atoms in total. The van der Waals surface area contributed by atoms with Crippen LogP contribution < -0.4 is 5.73 Å². The zero-order valence-electron chi connectivity index (χ0n) is 12.1. The summed E-state index contributed by atoms with van der Waals surface area (Å²) in [5.74, 6) is 0. The summed E-state index contributed by atoms with van der Waals surface area (Å²) < 4.78 is 1.02. The van der Waals surface area contributed by atoms with E-state index in [1.165, 1.54) is 44.9 Å². The Balaban J connectivity index is 2.04. The van der Waals surface area contributed by atoms with Gasteiger partial charge in [0, 0.05) is 28.8 Å². The molecule has 1 aromatic heterocycles. The Morgan fingerprint density at radius 1 is 1.11 bits per heavy atom. The van der Waals surface area contributed by atoms with E-state index < -0.39 is 0 Å². The number of rotatable bonds is 10. The quantitative estimate of drug-likeness (QED) is 0.624. The first-order valence-corrected chi connectivity index (χ1v) is 8.37. The summed E-state index contributed by atoms with van der Waals surface area (Å²) in [5, 5.41) is 0. The zero-order valence-corrected chi connectivity index (χ0v) is 13.7. The molecule has 3 heteroatoms. The molecule has 1 atom stereocenters. The summed E-state index contributed by atoms with van der Waals surface area (Å²) in [6.07, 6.45) is 13.3. The number of nitrogens with two attached hydrogens (primary N) is 1. The van der Waals surface area contributed by atoms with Gasteiger partial charge in [-0.15, -0.1) is 0 Å². The van der Waals surface area contributed by atoms with Gasteiger partial charge in [-0.05, 0) is 34.5 Å². The third-order valence-electron chi connectivity index (χ3n) is 3.44. The molecule has 1 unspecified atom stereocenters. The lowest BCUT2D eigenvalue weighted by molar-refractivity contribution is 0.525. The molecule has 0 amide bonds. The van der Waals surface area contributed by atoms with Crippen LogP contribution in [0.3, 0.4) is 0 Å². The van der Waals surface area contributed by atoms with Gasteiger partial charge in [0.1, 0.15) is 0 Å². The molecule has 19 heavy (non-hydrogen) atoms. The first-order valence-electron chi connectivity index (χ1n) is 7.58. The maximum absolute atomic E-state index is 6.15. The summed E-state index contributed by atoms with van der Waals surface area (Å²) in [6.45, 7) is 2.26. The van der Waals surface area contributed by atoms with Crippen molar-refractivity contribution in [1.29, 1.82) is 0 Å². The molecule has 1 heterocycles. The van der Waals surface area contributed by atoms with Crippen LogP contribution >= 0.6 is 15.9 Å². The molecule has 0 aliphatic rings. The van der Waals surface area contributed by atoms with E-state index in [9.17, 15) is 0 Å². The minimum Gasteiger partial charge on any atom is -0.327 e. The van der Waals surface area contributed by atoms with E-state index in [-0.39, 0.29) is 6.04 Å². The summed E-state index contributed by atoms with van der Waals surface area (Å²) in [5.41, 5.74) is 7.25. The van der Waals surface area contributed by atoms with Gasteiger partial charge in [0.2, 0.25) is 0 Å². The molecule has 2 N–H and O–H groups in total. The van der Waals surface area contributed by atoms with Crippen LogP contribution in [0.25, 0.3) is 0 Å². The van der Waals surface area contributed by atoms with Gasteiger partial charge in [-0.3, -0.25) is 4.98 Å². The van der Waals surface area contributed by atoms with Crippen molar-refractivity contribution >= 4 is 15.9 Å². The molecule has 1 aromatic rings. The van der Waals surface area contributed by atoms with Crippen molar-refractivity contribution in [2.75, 3.05) is 0 Å². The second kappa shape index (κ2) is 10.4. The first kappa shape index (κ1) is 16.6. The summed E-state index contributed by atoms with van der Waals surface area (Å²) >= 11 is 3.39. The van der Waals surface area contributed by atoms with Crippen molar-refractivity contribution in [2.24, 2.45) is 5.73 Å². The smallest absolute Gasteiger partial charge is 0.0419 e. The number of aromatic nitrogens is 1. The Hall–Kier alpha value is -0.410. The van der Waals surface area contributed by atoms with Crippen molar-refractivity contribution in [3.63, 3.8) is 0 Å². The van der Waals surface area contributed by atoms with Gasteiger partial charge in [-0.2, -0.15) is 0 Å². The Morgan fingerprint density at radius 3 is 2.42 bits per heavy atom. The van der Waals surface area contributed by atoms with Crippen LogP contribution in [0.2, 0.25) is 0 Å². The second-order valence-electron chi connectivity index (χ2n) is 5.34. The summed E-state index contributed by atoms with van der Waals surface area (Å²) in [6, 6.07) is 4.33. The fourth-order valence-electron chi connectivity index (χ4n) is 2.26. The standard InChI is InChI=1S/C16H27BrN2/c1-2-3-4-5-6-7-8-9-15(18)12-16-11-10-14(17)13-19-16/h10-11,13,15H,2-9,12,18H2,1H3. The highest BCUT2D eigenvalue weighted by molar-refractivity contribution is 9.10. The molecule has 0 aliphatic carbocycles. The van der Waals surface area contributed by atoms with Crippen molar-refractivity contribution in [1.82, 2.24) is 4.98 Å². The van der Waals surface area contributed by atoms with Gasteiger partial charge in [-0.25, -0.2) is 0 Å². The van der Waals surface area contributed by atoms with E-state index in [0.29, 0.717) is 0 Å². The monoisotopic (exact) mass is 326 g/mol. The summed E-state index contributed by atoms with van der Waals surface area (Å²) in [7, 11) is 0. The van der Waals surface area contributed by atoms with Crippen LogP contribution in [0.4, 0.5) is 0 Å². The van der Waals surface area contributed by atoms with Crippen LogP contribution in [0.1, 0.15) is 64.0 Å². The van der Waals surface area contributed by atoms with E-state index >= 15 is 0 Å². The molecule has 1 rings (SSSR count). The van der Waals surface area contributed by atoms with Crippen LogP contribution in [0.15, 0.2) is 22.8 Å². The topological polar surface area (TPSA) is 38.9 Å². The number of pyridine rings is 1. The Morgan fingerprint density at radius 2 is 1.79 bits per heavy atom. The second-order valence-corrected chi connectivity index (χ2v) is 6.26. The minimum atomic E-state index is 0.254. The van der Waals surface area contributed by atoms with Crippen molar-refractivity contribution in [3.8, 4) is 0 Å². The van der Waals surface area contributed by atoms with Gasteiger partial charge in [0.05, 0.1) is 0 Å². The molecule has 0 spiro atoms. The largest absolute Gasteiger partial charge is 0.327 e. The van der Waals surface area contributed by atoms with E-state index in [2.05, 4.69) is 33.9 Å². The Labute approximate surface area is 126 Å². The fraction of sp³-hybridized carbons (Fsp3) is 0.688. The van der Waals surface area contributed by atoms with E-state index in [1.54, 1.807) is 0 Å². The molecule has 0 aromatic carbocycles. The molecule has 0 bridgehead atoms. The number of nitrogens with zero attached hydrogens (tertiary/aromatic N) is 1. The number of hydrogen-bond donors (Lipinski definition) is 1. The van der Waals surface area contributed by atoms with Crippen molar-refractivity contribution in [2.45, 2.75) is 70.8 Å². The highest BCUT2D eigenvalue weighted by Gasteiger charge is 2.05. The average molecular weight is 327 g/mol. The highest BCUT2D eigenvalue weighted by atomic mass is 79.9. The molecular weight excluding hydrogens is 300 g/mol. The van der Waals surface area contributed by atoms with E-state index in [1.807, 2.05) is 12.3 Å². The third-order valence-corrected chi connectivity index (χ3v) is 3.91. The van der Waals surface area contributed by atoms with Gasteiger partial charge in [0.25, 0.3) is 0 Å². The van der Waals surface area contributed by atoms with Crippen molar-refractivity contribution < 1.29 is 0 Å². The molecule has 0 fully saturated rings. The Kier molecular flexibility index (Phi) is 9.10. The molecule has 0 radical (unpaired) electrons. The lowest BCUT2D eigenvalue weighted by atomic mass is 10.0. The Bertz CT molecular complexity index is 324. The lowest BCUT2D eigenvalue weighted by Crippen LogP contribution is -2.23. The van der Waals surface area contributed by atoms with Crippen molar-refractivity contribution in [3.05, 3.63) is 28.5 Å². The molecule has 108 valence electrons. The highest BCUT2D eigenvalue weighted by Crippen LogP contribution is 2.12. The molecular formula is C16H27BrN2. The van der Waals surface area contributed by atoms with Crippen LogP contribution in [-0.2, 0) is 6.42 Å². The average Bonchev–Trinajstić information content (AvgIpc) is 2.40. The van der Waals surface area contributed by atoms with Crippen LogP contribution in [0.5, 0.6) is 0 Å². The zero-order chi connectivity index (χ0) is 13.9. The SMILES string of the molecule is CCCCCCCCCC(N)Cc1ccc(Br)cn1. The van der Waals surface area contributed by atoms with E-state index in [4.69, 9.17) is 5.73 Å². The predicted octanol–water partition coefficient (Wildman–Crippen LogP) is 4.85. The maximum Gasteiger partial charge on any atom is 0.0419 e. The maximum atomic E-state index is 6.15. The fourth-order valence-corrected chi connectivity index (χ4v) is 2.50. The van der Waals surface area contributed by atoms with Gasteiger partial charge < -0.3 is 5.73 Å². The number of hydrogen-bond acceptors (Lipinski definition) is 2. The predicted molar refractivity (Wildman–Crippen MR) is 86.2 cm³/mol. The van der Waals surface area contributed by atoms with E-state index in [0.717, 1.165) is 23.0 Å². The normalized spacial score (nSPS) is 12.6. The van der Waals surface area contributed by atoms with Gasteiger partial charge >= 0.3 is 0 Å². The number of unbranched alkanes of at least 4 members (excludes halogenated alkanes) is 6. The van der Waals surface area contributed by atoms with Crippen LogP contribution in [0, 0.1) is 0 Å². The molecule has 0 saturated heterocycles. The summed E-state index contributed by atoms with van der Waals surface area (Å²) in [4.78, 5) is 4.37. The third kappa shape index (κ3) is 8.38.